The molecule has 2 atom stereocenters. The number of rotatable bonds is 2. The quantitative estimate of drug-likeness (QED) is 0.717. The van der Waals surface area contributed by atoms with E-state index in [2.05, 4.69) is 9.97 Å². The minimum Gasteiger partial charge on any atom is -0.443 e. The van der Waals surface area contributed by atoms with Gasteiger partial charge in [-0.25, -0.2) is 9.97 Å². The zero-order valence-corrected chi connectivity index (χ0v) is 13.9. The van der Waals surface area contributed by atoms with Crippen LogP contribution in [0.1, 0.15) is 28.9 Å². The van der Waals surface area contributed by atoms with Gasteiger partial charge in [0.05, 0.1) is 43.3 Å². The van der Waals surface area contributed by atoms with Gasteiger partial charge in [-0.15, -0.1) is 0 Å². The summed E-state index contributed by atoms with van der Waals surface area (Å²) in [6.45, 7) is 3.24. The number of amides is 1. The van der Waals surface area contributed by atoms with E-state index >= 15 is 0 Å². The second kappa shape index (κ2) is 5.42. The van der Waals surface area contributed by atoms with Crippen molar-refractivity contribution in [2.75, 3.05) is 13.2 Å². The van der Waals surface area contributed by atoms with Gasteiger partial charge in [-0.2, -0.15) is 0 Å². The zero-order chi connectivity index (χ0) is 17.0. The van der Waals surface area contributed by atoms with E-state index in [0.29, 0.717) is 30.3 Å². The average Bonchev–Trinajstić information content (AvgIpc) is 3.32. The summed E-state index contributed by atoms with van der Waals surface area (Å²) in [7, 11) is 0. The topological polar surface area (TPSA) is 72.9 Å². The number of oxazole rings is 1. The fourth-order valence-corrected chi connectivity index (χ4v) is 4.00. The molecule has 0 aromatic carbocycles. The number of nitrogens with zero attached hydrogens (tertiary/aromatic N) is 4. The van der Waals surface area contributed by atoms with Gasteiger partial charge in [-0.3, -0.25) is 9.20 Å². The maximum atomic E-state index is 13.2. The van der Waals surface area contributed by atoms with Crippen molar-refractivity contribution in [2.45, 2.75) is 31.8 Å². The van der Waals surface area contributed by atoms with Crippen LogP contribution in [0.15, 0.2) is 35.5 Å². The van der Waals surface area contributed by atoms with E-state index in [4.69, 9.17) is 9.15 Å². The SMILES string of the molecule is Cc1cc(-c2cnco2)c2ncc(C(=O)N3C4CCC3COC4)n2c1. The maximum Gasteiger partial charge on any atom is 0.273 e. The first-order chi connectivity index (χ1) is 12.2. The number of aryl methyl sites for hydroxylation is 1. The van der Waals surface area contributed by atoms with Crippen LogP contribution in [0, 0.1) is 6.92 Å². The fourth-order valence-electron chi connectivity index (χ4n) is 4.00. The van der Waals surface area contributed by atoms with Crippen LogP contribution in [0.25, 0.3) is 17.0 Å². The number of carbonyl (C=O) groups is 1. The summed E-state index contributed by atoms with van der Waals surface area (Å²) < 4.78 is 12.9. The van der Waals surface area contributed by atoms with Gasteiger partial charge in [0.2, 0.25) is 0 Å². The molecule has 5 rings (SSSR count). The van der Waals surface area contributed by atoms with E-state index < -0.39 is 0 Å². The molecule has 0 aliphatic carbocycles. The largest absolute Gasteiger partial charge is 0.443 e. The number of hydrogen-bond acceptors (Lipinski definition) is 5. The lowest BCUT2D eigenvalue weighted by atomic mass is 10.1. The molecule has 0 spiro atoms. The molecule has 2 fully saturated rings. The molecule has 2 unspecified atom stereocenters. The minimum atomic E-state index is 0.0254. The molecule has 2 saturated heterocycles. The normalized spacial score (nSPS) is 22.7. The number of carbonyl (C=O) groups excluding carboxylic acids is 1. The Morgan fingerprint density at radius 2 is 2.04 bits per heavy atom. The summed E-state index contributed by atoms with van der Waals surface area (Å²) in [5.41, 5.74) is 3.14. The molecular weight excluding hydrogens is 320 g/mol. The van der Waals surface area contributed by atoms with E-state index in [1.165, 1.54) is 6.39 Å². The summed E-state index contributed by atoms with van der Waals surface area (Å²) in [5, 5.41) is 0. The highest BCUT2D eigenvalue weighted by Crippen LogP contribution is 2.31. The Morgan fingerprint density at radius 3 is 2.76 bits per heavy atom. The number of imidazole rings is 1. The predicted octanol–water partition coefficient (Wildman–Crippen LogP) is 2.30. The maximum absolute atomic E-state index is 13.2. The van der Waals surface area contributed by atoms with Crippen molar-refractivity contribution in [3.8, 4) is 11.3 Å². The standard InChI is InChI=1S/C18H18N4O3/c1-11-4-14(16-6-19-10-25-16)17-20-5-15(21(17)7-11)18(23)22-12-2-3-13(22)9-24-8-12/h4-7,10,12-13H,2-3,8-9H2,1H3. The molecule has 3 aromatic rings. The van der Waals surface area contributed by atoms with Crippen LogP contribution >= 0.6 is 0 Å². The van der Waals surface area contributed by atoms with Crippen molar-refractivity contribution < 1.29 is 13.9 Å². The summed E-state index contributed by atoms with van der Waals surface area (Å²) in [6, 6.07) is 2.35. The first-order valence-corrected chi connectivity index (χ1v) is 8.49. The van der Waals surface area contributed by atoms with E-state index in [1.54, 1.807) is 12.4 Å². The lowest BCUT2D eigenvalue weighted by Gasteiger charge is -2.34. The molecule has 0 radical (unpaired) electrons. The van der Waals surface area contributed by atoms with Gasteiger partial charge in [-0.1, -0.05) is 0 Å². The van der Waals surface area contributed by atoms with Crippen molar-refractivity contribution in [1.29, 1.82) is 0 Å². The Balaban J connectivity index is 1.62. The summed E-state index contributed by atoms with van der Waals surface area (Å²) in [6.07, 6.45) is 8.68. The summed E-state index contributed by atoms with van der Waals surface area (Å²) >= 11 is 0. The third-order valence-electron chi connectivity index (χ3n) is 5.13. The molecule has 3 aromatic heterocycles. The highest BCUT2D eigenvalue weighted by atomic mass is 16.5. The van der Waals surface area contributed by atoms with Crippen LogP contribution in [0.4, 0.5) is 0 Å². The smallest absolute Gasteiger partial charge is 0.273 e. The van der Waals surface area contributed by atoms with Crippen LogP contribution in [0.2, 0.25) is 0 Å². The van der Waals surface area contributed by atoms with Crippen molar-refractivity contribution >= 4 is 11.6 Å². The Labute approximate surface area is 144 Å². The van der Waals surface area contributed by atoms with E-state index in [0.717, 1.165) is 24.0 Å². The molecule has 2 bridgehead atoms. The molecule has 5 heterocycles. The van der Waals surface area contributed by atoms with Gasteiger partial charge < -0.3 is 14.1 Å². The van der Waals surface area contributed by atoms with Crippen LogP contribution in [-0.2, 0) is 4.74 Å². The Hall–Kier alpha value is -2.67. The molecule has 0 saturated carbocycles. The number of aromatic nitrogens is 3. The number of ether oxygens (including phenoxy) is 1. The van der Waals surface area contributed by atoms with Gasteiger partial charge in [0.25, 0.3) is 5.91 Å². The van der Waals surface area contributed by atoms with Crippen molar-refractivity contribution in [3.63, 3.8) is 0 Å². The molecule has 7 nitrogen and oxygen atoms in total. The third-order valence-corrected chi connectivity index (χ3v) is 5.13. The second-order valence-corrected chi connectivity index (χ2v) is 6.77. The molecule has 1 amide bonds. The van der Waals surface area contributed by atoms with E-state index in [-0.39, 0.29) is 18.0 Å². The van der Waals surface area contributed by atoms with E-state index in [9.17, 15) is 4.79 Å². The number of pyridine rings is 1. The summed E-state index contributed by atoms with van der Waals surface area (Å²) in [4.78, 5) is 23.7. The van der Waals surface area contributed by atoms with Crippen molar-refractivity contribution in [1.82, 2.24) is 19.3 Å². The van der Waals surface area contributed by atoms with Gasteiger partial charge in [0.1, 0.15) is 11.3 Å². The monoisotopic (exact) mass is 338 g/mol. The average molecular weight is 338 g/mol. The van der Waals surface area contributed by atoms with E-state index in [1.807, 2.05) is 28.5 Å². The van der Waals surface area contributed by atoms with Gasteiger partial charge >= 0.3 is 0 Å². The number of hydrogen-bond donors (Lipinski definition) is 0. The Kier molecular flexibility index (Phi) is 3.18. The molecule has 25 heavy (non-hydrogen) atoms. The molecule has 0 N–H and O–H groups in total. The number of fused-ring (bicyclic) bond motifs is 3. The lowest BCUT2D eigenvalue weighted by molar-refractivity contribution is -0.00751. The minimum absolute atomic E-state index is 0.0254. The lowest BCUT2D eigenvalue weighted by Crippen LogP contribution is -2.49. The summed E-state index contributed by atoms with van der Waals surface area (Å²) in [5.74, 6) is 0.669. The zero-order valence-electron chi connectivity index (χ0n) is 13.9. The highest BCUT2D eigenvalue weighted by molar-refractivity contribution is 5.95. The van der Waals surface area contributed by atoms with Crippen molar-refractivity contribution in [3.05, 3.63) is 42.3 Å². The van der Waals surface area contributed by atoms with Crippen LogP contribution in [-0.4, -0.2) is 50.5 Å². The first kappa shape index (κ1) is 14.7. The molecule has 2 aliphatic rings. The molecular formula is C18H18N4O3. The molecule has 7 heteroatoms. The highest BCUT2D eigenvalue weighted by Gasteiger charge is 2.41. The van der Waals surface area contributed by atoms with Gasteiger partial charge in [0.15, 0.2) is 12.2 Å². The first-order valence-electron chi connectivity index (χ1n) is 8.49. The Morgan fingerprint density at radius 1 is 1.24 bits per heavy atom. The predicted molar refractivity (Wildman–Crippen MR) is 89.2 cm³/mol. The van der Waals surface area contributed by atoms with Crippen LogP contribution in [0.3, 0.4) is 0 Å². The Bertz CT molecular complexity index is 931. The van der Waals surface area contributed by atoms with Gasteiger partial charge in [-0.05, 0) is 31.4 Å². The molecule has 2 aliphatic heterocycles. The fraction of sp³-hybridized carbons (Fsp3) is 0.389. The molecule has 128 valence electrons. The third kappa shape index (κ3) is 2.19. The van der Waals surface area contributed by atoms with Gasteiger partial charge in [0, 0.05) is 6.20 Å². The van der Waals surface area contributed by atoms with Crippen LogP contribution in [0.5, 0.6) is 0 Å². The van der Waals surface area contributed by atoms with Crippen molar-refractivity contribution in [2.24, 2.45) is 0 Å². The number of morpholine rings is 1. The van der Waals surface area contributed by atoms with Crippen LogP contribution < -0.4 is 0 Å². The second-order valence-electron chi connectivity index (χ2n) is 6.77.